The van der Waals surface area contributed by atoms with Crippen molar-refractivity contribution >= 4 is 17.3 Å². The molecular weight excluding hydrogens is 350 g/mol. The van der Waals surface area contributed by atoms with Gasteiger partial charge in [0, 0.05) is 24.1 Å². The molecule has 1 heterocycles. The number of ether oxygens (including phenoxy) is 1. The van der Waals surface area contributed by atoms with Crippen LogP contribution < -0.4 is 15.4 Å². The van der Waals surface area contributed by atoms with Crippen LogP contribution >= 0.6 is 0 Å². The minimum Gasteiger partial charge on any atom is -0.491 e. The van der Waals surface area contributed by atoms with Crippen LogP contribution in [0.2, 0.25) is 0 Å². The molecule has 2 aromatic carbocycles. The summed E-state index contributed by atoms with van der Waals surface area (Å²) in [5.41, 5.74) is 4.32. The molecule has 28 heavy (non-hydrogen) atoms. The highest BCUT2D eigenvalue weighted by Crippen LogP contribution is 2.21. The molecule has 5 nitrogen and oxygen atoms in total. The van der Waals surface area contributed by atoms with Crippen LogP contribution in [0.1, 0.15) is 35.5 Å². The van der Waals surface area contributed by atoms with Gasteiger partial charge < -0.3 is 15.4 Å². The molecule has 1 amide bonds. The van der Waals surface area contributed by atoms with Gasteiger partial charge in [-0.15, -0.1) is 0 Å². The Bertz CT molecular complexity index is 937. The van der Waals surface area contributed by atoms with Gasteiger partial charge in [0.05, 0.1) is 6.10 Å². The molecule has 144 valence electrons. The number of nitrogens with one attached hydrogen (secondary N) is 2. The van der Waals surface area contributed by atoms with Crippen molar-refractivity contribution in [2.24, 2.45) is 0 Å². The predicted octanol–water partition coefficient (Wildman–Crippen LogP) is 4.85. The molecule has 0 saturated carbocycles. The minimum absolute atomic E-state index is 0.139. The Morgan fingerprint density at radius 1 is 1.04 bits per heavy atom. The highest BCUT2D eigenvalue weighted by Gasteiger charge is 2.09. The molecule has 1 aromatic heterocycles. The Kier molecular flexibility index (Phi) is 6.27. The first kappa shape index (κ1) is 19.4. The van der Waals surface area contributed by atoms with Crippen molar-refractivity contribution in [1.82, 2.24) is 10.3 Å². The van der Waals surface area contributed by atoms with Gasteiger partial charge in [0.25, 0.3) is 5.91 Å². The van der Waals surface area contributed by atoms with Gasteiger partial charge in [-0.1, -0.05) is 24.3 Å². The molecule has 3 rings (SSSR count). The molecule has 0 spiro atoms. The number of carbonyl (C=O) groups excluding carboxylic acids is 1. The van der Waals surface area contributed by atoms with E-state index in [1.165, 1.54) is 0 Å². The number of hydrogen-bond donors (Lipinski definition) is 2. The van der Waals surface area contributed by atoms with Crippen LogP contribution in [-0.4, -0.2) is 17.0 Å². The molecule has 3 aromatic rings. The molecule has 0 aliphatic heterocycles. The van der Waals surface area contributed by atoms with Gasteiger partial charge in [0.15, 0.2) is 0 Å². The van der Waals surface area contributed by atoms with Crippen LogP contribution in [0.5, 0.6) is 5.75 Å². The molecule has 0 unspecified atom stereocenters. The maximum absolute atomic E-state index is 12.5. The molecule has 5 heteroatoms. The summed E-state index contributed by atoms with van der Waals surface area (Å²) in [4.78, 5) is 16.7. The van der Waals surface area contributed by atoms with E-state index in [0.29, 0.717) is 12.2 Å². The molecule has 0 aliphatic carbocycles. The van der Waals surface area contributed by atoms with Crippen molar-refractivity contribution in [2.75, 3.05) is 5.32 Å². The van der Waals surface area contributed by atoms with Crippen LogP contribution in [0.15, 0.2) is 66.9 Å². The summed E-state index contributed by atoms with van der Waals surface area (Å²) in [5.74, 6) is 0.624. The molecule has 0 bridgehead atoms. The number of rotatable bonds is 7. The van der Waals surface area contributed by atoms with E-state index in [0.717, 1.165) is 28.3 Å². The van der Waals surface area contributed by atoms with Gasteiger partial charge in [-0.3, -0.25) is 9.78 Å². The van der Waals surface area contributed by atoms with Gasteiger partial charge in [-0.2, -0.15) is 0 Å². The average molecular weight is 375 g/mol. The normalized spacial score (nSPS) is 10.6. The maximum Gasteiger partial charge on any atom is 0.270 e. The number of aromatic nitrogens is 1. The number of benzene rings is 2. The largest absolute Gasteiger partial charge is 0.491 e. The lowest BCUT2D eigenvalue weighted by Gasteiger charge is -2.12. The van der Waals surface area contributed by atoms with E-state index in [-0.39, 0.29) is 12.0 Å². The van der Waals surface area contributed by atoms with Crippen LogP contribution in [0.3, 0.4) is 0 Å². The number of nitrogens with zero attached hydrogens (tertiary/aromatic N) is 1. The van der Waals surface area contributed by atoms with E-state index in [9.17, 15) is 4.79 Å². The van der Waals surface area contributed by atoms with Gasteiger partial charge in [-0.25, -0.2) is 0 Å². The van der Waals surface area contributed by atoms with Gasteiger partial charge in [0.2, 0.25) is 0 Å². The second-order valence-corrected chi connectivity index (χ2v) is 6.85. The third-order valence-corrected chi connectivity index (χ3v) is 4.21. The first-order valence-electron chi connectivity index (χ1n) is 9.34. The topological polar surface area (TPSA) is 63.2 Å². The minimum atomic E-state index is -0.201. The maximum atomic E-state index is 12.5. The molecule has 0 atom stereocenters. The van der Waals surface area contributed by atoms with Crippen molar-refractivity contribution in [3.8, 4) is 5.75 Å². The summed E-state index contributed by atoms with van der Waals surface area (Å²) in [7, 11) is 0. The summed E-state index contributed by atoms with van der Waals surface area (Å²) >= 11 is 0. The van der Waals surface area contributed by atoms with Crippen molar-refractivity contribution in [3.63, 3.8) is 0 Å². The van der Waals surface area contributed by atoms with Gasteiger partial charge in [0.1, 0.15) is 11.4 Å². The van der Waals surface area contributed by atoms with Gasteiger partial charge >= 0.3 is 0 Å². The fourth-order valence-electron chi connectivity index (χ4n) is 2.76. The molecular formula is C23H25N3O2. The Labute approximate surface area is 165 Å². The van der Waals surface area contributed by atoms with E-state index < -0.39 is 0 Å². The Morgan fingerprint density at radius 2 is 1.79 bits per heavy atom. The number of pyridine rings is 1. The zero-order chi connectivity index (χ0) is 19.9. The summed E-state index contributed by atoms with van der Waals surface area (Å²) in [6.07, 6.45) is 1.76. The molecule has 0 saturated heterocycles. The van der Waals surface area contributed by atoms with Crippen LogP contribution in [0, 0.1) is 6.92 Å². The Balaban J connectivity index is 1.63. The molecule has 0 radical (unpaired) electrons. The lowest BCUT2D eigenvalue weighted by molar-refractivity contribution is 0.0946. The first-order valence-corrected chi connectivity index (χ1v) is 9.34. The van der Waals surface area contributed by atoms with E-state index in [2.05, 4.69) is 15.6 Å². The van der Waals surface area contributed by atoms with E-state index in [1.807, 2.05) is 75.4 Å². The predicted molar refractivity (Wildman–Crippen MR) is 112 cm³/mol. The van der Waals surface area contributed by atoms with Gasteiger partial charge in [-0.05, 0) is 68.3 Å². The highest BCUT2D eigenvalue weighted by molar-refractivity contribution is 5.93. The zero-order valence-electron chi connectivity index (χ0n) is 16.4. The molecule has 0 fully saturated rings. The first-order chi connectivity index (χ1) is 13.5. The standard InChI is InChI=1S/C23H25N3O2/c1-16(2)28-21-10-8-19(9-11-21)26-20-12-13-24-22(14-20)23(27)25-15-18-7-5-4-6-17(18)3/h4-14,16H,15H2,1-3H3,(H,24,26)(H,25,27). The van der Waals surface area contributed by atoms with E-state index in [4.69, 9.17) is 4.74 Å². The Hall–Kier alpha value is -3.34. The van der Waals surface area contributed by atoms with Crippen molar-refractivity contribution in [1.29, 1.82) is 0 Å². The second kappa shape index (κ2) is 9.04. The Morgan fingerprint density at radius 3 is 2.50 bits per heavy atom. The third-order valence-electron chi connectivity index (χ3n) is 4.21. The van der Waals surface area contributed by atoms with Crippen molar-refractivity contribution in [3.05, 3.63) is 83.7 Å². The number of carbonyl (C=O) groups is 1. The lowest BCUT2D eigenvalue weighted by atomic mass is 10.1. The number of aryl methyl sites for hydroxylation is 1. The number of anilines is 2. The zero-order valence-corrected chi connectivity index (χ0v) is 16.4. The summed E-state index contributed by atoms with van der Waals surface area (Å²) in [6, 6.07) is 19.3. The molecule has 2 N–H and O–H groups in total. The fourth-order valence-corrected chi connectivity index (χ4v) is 2.76. The summed E-state index contributed by atoms with van der Waals surface area (Å²) in [5, 5.41) is 6.21. The quantitative estimate of drug-likeness (QED) is 0.620. The van der Waals surface area contributed by atoms with E-state index >= 15 is 0 Å². The lowest BCUT2D eigenvalue weighted by Crippen LogP contribution is -2.24. The van der Waals surface area contributed by atoms with Crippen molar-refractivity contribution in [2.45, 2.75) is 33.4 Å². The second-order valence-electron chi connectivity index (χ2n) is 6.85. The molecule has 0 aliphatic rings. The average Bonchev–Trinajstić information content (AvgIpc) is 2.68. The van der Waals surface area contributed by atoms with Crippen LogP contribution in [0.4, 0.5) is 11.4 Å². The third kappa shape index (κ3) is 5.33. The summed E-state index contributed by atoms with van der Waals surface area (Å²) < 4.78 is 5.65. The SMILES string of the molecule is Cc1ccccc1CNC(=O)c1cc(Nc2ccc(OC(C)C)cc2)ccn1. The van der Waals surface area contributed by atoms with Crippen molar-refractivity contribution < 1.29 is 9.53 Å². The highest BCUT2D eigenvalue weighted by atomic mass is 16.5. The number of amides is 1. The summed E-state index contributed by atoms with van der Waals surface area (Å²) in [6.45, 7) is 6.49. The fraction of sp³-hybridized carbons (Fsp3) is 0.217. The van der Waals surface area contributed by atoms with E-state index in [1.54, 1.807) is 12.3 Å². The van der Waals surface area contributed by atoms with Crippen LogP contribution in [0.25, 0.3) is 0 Å². The monoisotopic (exact) mass is 375 g/mol. The number of hydrogen-bond acceptors (Lipinski definition) is 4. The smallest absolute Gasteiger partial charge is 0.270 e. The van der Waals surface area contributed by atoms with Crippen LogP contribution in [-0.2, 0) is 6.54 Å².